The average molecular weight is 245 g/mol. The monoisotopic (exact) mass is 245 g/mol. The summed E-state index contributed by atoms with van der Waals surface area (Å²) in [5, 5.41) is 3.61. The molecule has 98 valence electrons. The fraction of sp³-hybridized carbons (Fsp3) is 0.625. The van der Waals surface area contributed by atoms with Crippen molar-refractivity contribution < 1.29 is 4.74 Å². The van der Waals surface area contributed by atoms with Crippen molar-refractivity contribution in [3.05, 3.63) is 29.3 Å². The van der Waals surface area contributed by atoms with Gasteiger partial charge in [0.2, 0.25) is 0 Å². The highest BCUT2D eigenvalue weighted by molar-refractivity contribution is 5.40. The highest BCUT2D eigenvalue weighted by Gasteiger charge is 2.40. The van der Waals surface area contributed by atoms with E-state index in [-0.39, 0.29) is 0 Å². The van der Waals surface area contributed by atoms with E-state index >= 15 is 0 Å². The van der Waals surface area contributed by atoms with Crippen molar-refractivity contribution in [1.82, 2.24) is 5.32 Å². The van der Waals surface area contributed by atoms with Gasteiger partial charge in [0.25, 0.3) is 0 Å². The second-order valence-corrected chi connectivity index (χ2v) is 6.04. The van der Waals surface area contributed by atoms with Crippen LogP contribution in [0.1, 0.15) is 37.3 Å². The zero-order valence-corrected chi connectivity index (χ0v) is 11.5. The van der Waals surface area contributed by atoms with Crippen molar-refractivity contribution in [3.63, 3.8) is 0 Å². The molecule has 1 aromatic carbocycles. The number of aryl methyl sites for hydroxylation is 1. The number of rotatable bonds is 5. The van der Waals surface area contributed by atoms with Crippen molar-refractivity contribution in [1.29, 1.82) is 0 Å². The van der Waals surface area contributed by atoms with Gasteiger partial charge in [-0.3, -0.25) is 0 Å². The molecule has 0 spiro atoms. The normalized spacial score (nSPS) is 23.6. The Hall–Kier alpha value is -1.02. The molecule has 0 saturated heterocycles. The lowest BCUT2D eigenvalue weighted by atomic mass is 10.0. The summed E-state index contributed by atoms with van der Waals surface area (Å²) in [4.78, 5) is 0. The summed E-state index contributed by atoms with van der Waals surface area (Å²) in [5.74, 6) is 1.09. The van der Waals surface area contributed by atoms with Crippen LogP contribution in [0.3, 0.4) is 0 Å². The summed E-state index contributed by atoms with van der Waals surface area (Å²) < 4.78 is 5.97. The van der Waals surface area contributed by atoms with Crippen LogP contribution in [0, 0.1) is 12.3 Å². The van der Waals surface area contributed by atoms with E-state index in [9.17, 15) is 0 Å². The number of nitrogens with one attached hydrogen (secondary N) is 1. The minimum atomic E-state index is 0.328. The molecular weight excluding hydrogens is 222 g/mol. The van der Waals surface area contributed by atoms with Gasteiger partial charge in [0.1, 0.15) is 11.9 Å². The van der Waals surface area contributed by atoms with Crippen LogP contribution in [0.2, 0.25) is 0 Å². The Morgan fingerprint density at radius 1 is 1.39 bits per heavy atom. The maximum Gasteiger partial charge on any atom is 0.123 e. The van der Waals surface area contributed by atoms with Gasteiger partial charge in [-0.2, -0.15) is 0 Å². The number of hydrogen-bond acceptors (Lipinski definition) is 2. The van der Waals surface area contributed by atoms with Gasteiger partial charge in [-0.1, -0.05) is 24.6 Å². The van der Waals surface area contributed by atoms with E-state index in [1.807, 2.05) is 0 Å². The summed E-state index contributed by atoms with van der Waals surface area (Å²) in [6, 6.07) is 6.49. The van der Waals surface area contributed by atoms with Crippen molar-refractivity contribution in [3.8, 4) is 5.75 Å². The van der Waals surface area contributed by atoms with Crippen LogP contribution in [0.25, 0.3) is 0 Å². The molecular formula is C16H23NO. The summed E-state index contributed by atoms with van der Waals surface area (Å²) in [7, 11) is 0. The Morgan fingerprint density at radius 2 is 2.22 bits per heavy atom. The summed E-state index contributed by atoms with van der Waals surface area (Å²) in [6.45, 7) is 6.59. The Kier molecular flexibility index (Phi) is 3.06. The quantitative estimate of drug-likeness (QED) is 0.860. The summed E-state index contributed by atoms with van der Waals surface area (Å²) in [6.07, 6.45) is 5.51. The van der Waals surface area contributed by atoms with Gasteiger partial charge < -0.3 is 10.1 Å². The second kappa shape index (κ2) is 4.58. The number of ether oxygens (including phenoxy) is 1. The molecule has 1 atom stereocenters. The predicted molar refractivity (Wildman–Crippen MR) is 74.1 cm³/mol. The molecule has 18 heavy (non-hydrogen) atoms. The van der Waals surface area contributed by atoms with Crippen LogP contribution in [0.4, 0.5) is 0 Å². The van der Waals surface area contributed by atoms with Crippen molar-refractivity contribution >= 4 is 0 Å². The first-order valence-electron chi connectivity index (χ1n) is 7.18. The maximum atomic E-state index is 5.97. The number of hydrogen-bond donors (Lipinski definition) is 1. The summed E-state index contributed by atoms with van der Waals surface area (Å²) >= 11 is 0. The minimum absolute atomic E-state index is 0.328. The van der Waals surface area contributed by atoms with Gasteiger partial charge in [-0.05, 0) is 43.2 Å². The molecule has 0 aromatic heterocycles. The van der Waals surface area contributed by atoms with Crippen LogP contribution in [-0.4, -0.2) is 19.2 Å². The third-order valence-electron chi connectivity index (χ3n) is 4.54. The first kappa shape index (κ1) is 12.0. The Balaban J connectivity index is 1.49. The molecule has 1 fully saturated rings. The molecule has 0 amide bonds. The Labute approximate surface area is 110 Å². The van der Waals surface area contributed by atoms with Gasteiger partial charge in [-0.25, -0.2) is 0 Å². The average Bonchev–Trinajstić information content (AvgIpc) is 3.02. The summed E-state index contributed by atoms with van der Waals surface area (Å²) in [5.41, 5.74) is 3.33. The molecule has 1 unspecified atom stereocenters. The first-order valence-corrected chi connectivity index (χ1v) is 7.18. The topological polar surface area (TPSA) is 21.3 Å². The lowest BCUT2D eigenvalue weighted by Crippen LogP contribution is -2.33. The van der Waals surface area contributed by atoms with E-state index in [2.05, 4.69) is 37.4 Å². The molecule has 1 saturated carbocycles. The SMILES string of the molecule is CCC1(CNCC2Cc3cc(C)ccc3O2)CC1. The molecule has 1 aromatic rings. The first-order chi connectivity index (χ1) is 8.71. The van der Waals surface area contributed by atoms with Gasteiger partial charge in [0, 0.05) is 19.5 Å². The van der Waals surface area contributed by atoms with Crippen LogP contribution < -0.4 is 10.1 Å². The molecule has 0 radical (unpaired) electrons. The second-order valence-electron chi connectivity index (χ2n) is 6.04. The minimum Gasteiger partial charge on any atom is -0.488 e. The van der Waals surface area contributed by atoms with Crippen LogP contribution in [-0.2, 0) is 6.42 Å². The molecule has 1 N–H and O–H groups in total. The fourth-order valence-electron chi connectivity index (χ4n) is 2.89. The molecule has 2 heteroatoms. The van der Waals surface area contributed by atoms with Gasteiger partial charge in [0.05, 0.1) is 0 Å². The largest absolute Gasteiger partial charge is 0.488 e. The molecule has 1 aliphatic carbocycles. The molecule has 2 aliphatic rings. The fourth-order valence-corrected chi connectivity index (χ4v) is 2.89. The smallest absolute Gasteiger partial charge is 0.123 e. The van der Waals surface area contributed by atoms with E-state index in [1.54, 1.807) is 0 Å². The van der Waals surface area contributed by atoms with Crippen LogP contribution >= 0.6 is 0 Å². The number of benzene rings is 1. The predicted octanol–water partition coefficient (Wildman–Crippen LogP) is 3.08. The zero-order chi connectivity index (χ0) is 12.6. The highest BCUT2D eigenvalue weighted by atomic mass is 16.5. The van der Waals surface area contributed by atoms with Gasteiger partial charge in [0.15, 0.2) is 0 Å². The standard InChI is InChI=1S/C16H23NO/c1-3-16(6-7-16)11-17-10-14-9-13-8-12(2)4-5-15(13)18-14/h4-5,8,14,17H,3,6-7,9-11H2,1-2H3. The van der Waals surface area contributed by atoms with Gasteiger partial charge >= 0.3 is 0 Å². The highest BCUT2D eigenvalue weighted by Crippen LogP contribution is 2.47. The van der Waals surface area contributed by atoms with Crippen LogP contribution in [0.5, 0.6) is 5.75 Å². The van der Waals surface area contributed by atoms with E-state index in [4.69, 9.17) is 4.74 Å². The molecule has 3 rings (SSSR count). The van der Waals surface area contributed by atoms with E-state index in [0.717, 1.165) is 18.7 Å². The van der Waals surface area contributed by atoms with Crippen molar-refractivity contribution in [2.45, 2.75) is 45.6 Å². The molecule has 1 heterocycles. The number of fused-ring (bicyclic) bond motifs is 1. The van der Waals surface area contributed by atoms with E-state index < -0.39 is 0 Å². The third-order valence-corrected chi connectivity index (χ3v) is 4.54. The molecule has 1 aliphatic heterocycles. The van der Waals surface area contributed by atoms with Crippen molar-refractivity contribution in [2.75, 3.05) is 13.1 Å². The Morgan fingerprint density at radius 3 is 2.94 bits per heavy atom. The molecule has 2 nitrogen and oxygen atoms in total. The maximum absolute atomic E-state index is 5.97. The van der Waals surface area contributed by atoms with Gasteiger partial charge in [-0.15, -0.1) is 0 Å². The third kappa shape index (κ3) is 2.39. The van der Waals surface area contributed by atoms with Crippen molar-refractivity contribution in [2.24, 2.45) is 5.41 Å². The lowest BCUT2D eigenvalue weighted by molar-refractivity contribution is 0.223. The van der Waals surface area contributed by atoms with E-state index in [0.29, 0.717) is 11.5 Å². The van der Waals surface area contributed by atoms with E-state index in [1.165, 1.54) is 36.9 Å². The molecule has 0 bridgehead atoms. The zero-order valence-electron chi connectivity index (χ0n) is 11.5. The Bertz CT molecular complexity index is 437. The lowest BCUT2D eigenvalue weighted by Gasteiger charge is -2.16. The van der Waals surface area contributed by atoms with Crippen LogP contribution in [0.15, 0.2) is 18.2 Å².